The lowest BCUT2D eigenvalue weighted by molar-refractivity contribution is -0.938. The van der Waals surface area contributed by atoms with Crippen molar-refractivity contribution >= 4 is 23.4 Å². The van der Waals surface area contributed by atoms with E-state index in [4.69, 9.17) is 9.47 Å². The number of ether oxygens (including phenoxy) is 2. The first kappa shape index (κ1) is 26.6. The Labute approximate surface area is 229 Å². The zero-order valence-electron chi connectivity index (χ0n) is 22.3. The van der Waals surface area contributed by atoms with Crippen LogP contribution in [0.1, 0.15) is 52.1 Å². The standard InChI is InChI=1S/C32H35N2O5/c1-2-38-31(36)26-14-9-15-27(20-26)33-30(25-12-7-4-8-13-25)32(37)39-29-22-34(18-16-24(29)17-19-34)21-28(35)23-10-5-3-6-11-23/h3-15,20,24,29-30,33H,2,16-19,21-22H2,1H3/q+1/t24?,29-,30?,34?/m0/s1. The fraction of sp³-hybridized carbons (Fsp3) is 0.344. The van der Waals surface area contributed by atoms with Crippen LogP contribution in [0.2, 0.25) is 0 Å². The average Bonchev–Trinajstić information content (AvgIpc) is 2.97. The molecular weight excluding hydrogens is 492 g/mol. The number of carbonyl (C=O) groups excluding carboxylic acids is 3. The SMILES string of the molecule is CCOC(=O)c1cccc(NC(C(=O)O[C@H]2C[N+]3(CC(=O)c4ccccc4)CCC2CC3)c2ccccc2)c1. The second-order valence-corrected chi connectivity index (χ2v) is 10.5. The molecule has 202 valence electrons. The van der Waals surface area contributed by atoms with Gasteiger partial charge in [-0.1, -0.05) is 66.7 Å². The molecule has 3 aromatic rings. The smallest absolute Gasteiger partial charge is 0.338 e. The van der Waals surface area contributed by atoms with Crippen molar-refractivity contribution < 1.29 is 28.3 Å². The maximum atomic E-state index is 13.7. The Bertz CT molecular complexity index is 1300. The Hall–Kier alpha value is -3.97. The Morgan fingerprint density at radius 2 is 1.56 bits per heavy atom. The van der Waals surface area contributed by atoms with Crippen molar-refractivity contribution in [3.63, 3.8) is 0 Å². The van der Waals surface area contributed by atoms with E-state index in [0.29, 0.717) is 34.7 Å². The normalized spacial score (nSPS) is 22.5. The van der Waals surface area contributed by atoms with Crippen LogP contribution in [0.5, 0.6) is 0 Å². The van der Waals surface area contributed by atoms with E-state index in [1.807, 2.05) is 66.7 Å². The maximum absolute atomic E-state index is 13.7. The number of esters is 2. The number of quaternary nitrogens is 1. The van der Waals surface area contributed by atoms with Crippen molar-refractivity contribution in [3.05, 3.63) is 102 Å². The number of hydrogen-bond acceptors (Lipinski definition) is 6. The summed E-state index contributed by atoms with van der Waals surface area (Å²) in [6.45, 7) is 4.98. The van der Waals surface area contributed by atoms with Gasteiger partial charge < -0.3 is 19.3 Å². The Morgan fingerprint density at radius 1 is 0.897 bits per heavy atom. The van der Waals surface area contributed by atoms with Crippen molar-refractivity contribution in [1.29, 1.82) is 0 Å². The van der Waals surface area contributed by atoms with E-state index in [1.54, 1.807) is 25.1 Å². The number of piperidine rings is 3. The van der Waals surface area contributed by atoms with Crippen LogP contribution in [0.15, 0.2) is 84.9 Å². The zero-order valence-corrected chi connectivity index (χ0v) is 22.3. The maximum Gasteiger partial charge on any atom is 0.338 e. The fourth-order valence-electron chi connectivity index (χ4n) is 5.85. The molecule has 1 unspecified atom stereocenters. The van der Waals surface area contributed by atoms with Gasteiger partial charge in [-0.2, -0.15) is 0 Å². The lowest BCUT2D eigenvalue weighted by atomic mass is 9.82. The van der Waals surface area contributed by atoms with E-state index in [-0.39, 0.29) is 24.5 Å². The molecule has 3 heterocycles. The Balaban J connectivity index is 1.32. The summed E-state index contributed by atoms with van der Waals surface area (Å²) in [5.74, 6) is -0.351. The third-order valence-electron chi connectivity index (χ3n) is 7.94. The number of anilines is 1. The first-order valence-electron chi connectivity index (χ1n) is 13.7. The molecule has 0 saturated carbocycles. The summed E-state index contributed by atoms with van der Waals surface area (Å²) in [6, 6.07) is 25.1. The van der Waals surface area contributed by atoms with Crippen LogP contribution < -0.4 is 5.32 Å². The number of ketones is 1. The van der Waals surface area contributed by atoms with Crippen LogP contribution in [0.3, 0.4) is 0 Å². The molecule has 3 aromatic carbocycles. The molecule has 7 heteroatoms. The number of hydrogen-bond donors (Lipinski definition) is 1. The molecule has 6 rings (SSSR count). The van der Waals surface area contributed by atoms with Gasteiger partial charge in [-0.05, 0) is 30.7 Å². The molecule has 3 fully saturated rings. The number of benzene rings is 3. The van der Waals surface area contributed by atoms with E-state index in [1.165, 1.54) is 0 Å². The highest BCUT2D eigenvalue weighted by atomic mass is 16.5. The number of nitrogens with zero attached hydrogens (tertiary/aromatic N) is 1. The summed E-state index contributed by atoms with van der Waals surface area (Å²) >= 11 is 0. The van der Waals surface area contributed by atoms with Gasteiger partial charge in [0.2, 0.25) is 5.78 Å². The Morgan fingerprint density at radius 3 is 2.26 bits per heavy atom. The quantitative estimate of drug-likeness (QED) is 0.226. The number of rotatable bonds is 10. The molecule has 3 aliphatic rings. The van der Waals surface area contributed by atoms with Crippen LogP contribution in [-0.4, -0.2) is 61.1 Å². The second kappa shape index (κ2) is 11.8. The van der Waals surface area contributed by atoms with Gasteiger partial charge in [-0.25, -0.2) is 9.59 Å². The van der Waals surface area contributed by atoms with Crippen molar-refractivity contribution in [2.24, 2.45) is 5.92 Å². The summed E-state index contributed by atoms with van der Waals surface area (Å²) in [6.07, 6.45) is 1.62. The van der Waals surface area contributed by atoms with Gasteiger partial charge in [-0.15, -0.1) is 0 Å². The molecule has 3 aliphatic heterocycles. The van der Waals surface area contributed by atoms with Crippen molar-refractivity contribution in [2.75, 3.05) is 38.1 Å². The van der Waals surface area contributed by atoms with Crippen molar-refractivity contribution in [3.8, 4) is 0 Å². The van der Waals surface area contributed by atoms with E-state index >= 15 is 0 Å². The van der Waals surface area contributed by atoms with Gasteiger partial charge >= 0.3 is 11.9 Å². The minimum atomic E-state index is -0.751. The highest BCUT2D eigenvalue weighted by molar-refractivity contribution is 5.97. The molecule has 0 spiro atoms. The first-order valence-corrected chi connectivity index (χ1v) is 13.7. The molecule has 0 aromatic heterocycles. The number of fused-ring (bicyclic) bond motifs is 3. The first-order chi connectivity index (χ1) is 19.0. The molecule has 0 amide bonds. The molecule has 0 aliphatic carbocycles. The van der Waals surface area contributed by atoms with Crippen LogP contribution in [0, 0.1) is 5.92 Å². The van der Waals surface area contributed by atoms with Crippen molar-refractivity contribution in [1.82, 2.24) is 0 Å². The summed E-state index contributed by atoms with van der Waals surface area (Å²) in [7, 11) is 0. The minimum absolute atomic E-state index is 0.131. The summed E-state index contributed by atoms with van der Waals surface area (Å²) in [4.78, 5) is 39.0. The predicted molar refractivity (Wildman–Crippen MR) is 148 cm³/mol. The van der Waals surface area contributed by atoms with Crippen LogP contribution in [0.4, 0.5) is 5.69 Å². The van der Waals surface area contributed by atoms with Crippen molar-refractivity contribution in [2.45, 2.75) is 31.9 Å². The monoisotopic (exact) mass is 527 g/mol. The lowest BCUT2D eigenvalue weighted by Crippen LogP contribution is -2.65. The molecule has 0 radical (unpaired) electrons. The molecule has 39 heavy (non-hydrogen) atoms. The number of Topliss-reactive ketones (excluding diaryl/α,β-unsaturated/α-hetero) is 1. The third kappa shape index (κ3) is 6.20. The van der Waals surface area contributed by atoms with E-state index < -0.39 is 12.0 Å². The second-order valence-electron chi connectivity index (χ2n) is 10.5. The molecule has 2 atom stereocenters. The highest BCUT2D eigenvalue weighted by Gasteiger charge is 2.49. The topological polar surface area (TPSA) is 81.7 Å². The number of carbonyl (C=O) groups is 3. The largest absolute Gasteiger partial charge is 0.462 e. The molecule has 7 nitrogen and oxygen atoms in total. The zero-order chi connectivity index (χ0) is 27.2. The molecule has 1 N–H and O–H groups in total. The van der Waals surface area contributed by atoms with Crippen LogP contribution in [0.25, 0.3) is 0 Å². The van der Waals surface area contributed by atoms with E-state index in [0.717, 1.165) is 37.1 Å². The minimum Gasteiger partial charge on any atom is -0.462 e. The number of nitrogens with one attached hydrogen (secondary N) is 1. The van der Waals surface area contributed by atoms with Gasteiger partial charge in [0, 0.05) is 30.0 Å². The molecule has 2 bridgehead atoms. The summed E-state index contributed by atoms with van der Waals surface area (Å²) in [5.41, 5.74) is 2.53. The van der Waals surface area contributed by atoms with Gasteiger partial charge in [0.05, 0.1) is 25.3 Å². The van der Waals surface area contributed by atoms with Gasteiger partial charge in [0.1, 0.15) is 13.1 Å². The highest BCUT2D eigenvalue weighted by Crippen LogP contribution is 2.37. The summed E-state index contributed by atoms with van der Waals surface area (Å²) < 4.78 is 12.0. The molecule has 3 saturated heterocycles. The van der Waals surface area contributed by atoms with E-state index in [9.17, 15) is 14.4 Å². The van der Waals surface area contributed by atoms with Crippen LogP contribution in [-0.2, 0) is 14.3 Å². The molecular formula is C32H35N2O5+. The van der Waals surface area contributed by atoms with Gasteiger partial charge in [0.15, 0.2) is 12.1 Å². The van der Waals surface area contributed by atoms with Crippen LogP contribution >= 0.6 is 0 Å². The van der Waals surface area contributed by atoms with Gasteiger partial charge in [-0.3, -0.25) is 4.79 Å². The van der Waals surface area contributed by atoms with Gasteiger partial charge in [0.25, 0.3) is 0 Å². The van der Waals surface area contributed by atoms with E-state index in [2.05, 4.69) is 5.32 Å². The third-order valence-corrected chi connectivity index (χ3v) is 7.94. The lowest BCUT2D eigenvalue weighted by Gasteiger charge is -2.51. The predicted octanol–water partition coefficient (Wildman–Crippen LogP) is 5.05. The fourth-order valence-corrected chi connectivity index (χ4v) is 5.85. The summed E-state index contributed by atoms with van der Waals surface area (Å²) in [5, 5.41) is 3.29. The Kier molecular flexibility index (Phi) is 8.07. The average molecular weight is 528 g/mol.